The van der Waals surface area contributed by atoms with Crippen molar-refractivity contribution < 1.29 is 14.6 Å². The van der Waals surface area contributed by atoms with E-state index in [2.05, 4.69) is 10.3 Å². The zero-order valence-electron chi connectivity index (χ0n) is 11.0. The third-order valence-electron chi connectivity index (χ3n) is 3.49. The maximum atomic E-state index is 12.1. The van der Waals surface area contributed by atoms with Crippen molar-refractivity contribution in [3.05, 3.63) is 42.1 Å². The van der Waals surface area contributed by atoms with Crippen molar-refractivity contribution >= 4 is 16.8 Å². The molecule has 0 aliphatic carbocycles. The largest absolute Gasteiger partial charge is 0.386 e. The Morgan fingerprint density at radius 1 is 1.35 bits per heavy atom. The molecule has 1 aromatic heterocycles. The third kappa shape index (κ3) is 2.64. The van der Waals surface area contributed by atoms with E-state index in [1.165, 1.54) is 0 Å². The standard InChI is InChI=1S/C15H16N2O3/c18-14(16-9-15(19)7-8-20-10-15)13-6-5-11-3-1-2-4-12(11)17-13/h1-6,19H,7-10H2,(H,16,18). The normalized spacial score (nSPS) is 22.1. The van der Waals surface area contributed by atoms with Gasteiger partial charge in [-0.15, -0.1) is 0 Å². The van der Waals surface area contributed by atoms with Gasteiger partial charge in [-0.25, -0.2) is 4.98 Å². The van der Waals surface area contributed by atoms with Gasteiger partial charge in [-0.1, -0.05) is 24.3 Å². The number of rotatable bonds is 3. The quantitative estimate of drug-likeness (QED) is 0.878. The molecule has 1 unspecified atom stereocenters. The van der Waals surface area contributed by atoms with E-state index in [4.69, 9.17) is 4.74 Å². The van der Waals surface area contributed by atoms with Crippen LogP contribution in [0.25, 0.3) is 10.9 Å². The summed E-state index contributed by atoms with van der Waals surface area (Å²) in [7, 11) is 0. The number of aromatic nitrogens is 1. The van der Waals surface area contributed by atoms with Crippen LogP contribution in [0.1, 0.15) is 16.9 Å². The van der Waals surface area contributed by atoms with Crippen LogP contribution in [0.2, 0.25) is 0 Å². The number of aliphatic hydroxyl groups is 1. The van der Waals surface area contributed by atoms with Crippen molar-refractivity contribution in [3.8, 4) is 0 Å². The first-order valence-corrected chi connectivity index (χ1v) is 6.60. The number of nitrogens with zero attached hydrogens (tertiary/aromatic N) is 1. The van der Waals surface area contributed by atoms with E-state index in [-0.39, 0.29) is 19.1 Å². The van der Waals surface area contributed by atoms with Crippen LogP contribution in [0.4, 0.5) is 0 Å². The molecule has 1 aliphatic rings. The van der Waals surface area contributed by atoms with Gasteiger partial charge in [0.1, 0.15) is 11.3 Å². The number of carbonyl (C=O) groups excluding carboxylic acids is 1. The third-order valence-corrected chi connectivity index (χ3v) is 3.49. The molecular weight excluding hydrogens is 256 g/mol. The lowest BCUT2D eigenvalue weighted by atomic mass is 10.0. The van der Waals surface area contributed by atoms with E-state index in [0.717, 1.165) is 10.9 Å². The summed E-state index contributed by atoms with van der Waals surface area (Å²) in [5, 5.41) is 13.8. The lowest BCUT2D eigenvalue weighted by molar-refractivity contribution is 0.0264. The number of nitrogens with one attached hydrogen (secondary N) is 1. The van der Waals surface area contributed by atoms with Gasteiger partial charge in [0.15, 0.2) is 0 Å². The first-order chi connectivity index (χ1) is 9.66. The number of carbonyl (C=O) groups is 1. The van der Waals surface area contributed by atoms with Crippen LogP contribution in [0, 0.1) is 0 Å². The van der Waals surface area contributed by atoms with Gasteiger partial charge in [0, 0.05) is 25.0 Å². The minimum atomic E-state index is -0.952. The summed E-state index contributed by atoms with van der Waals surface area (Å²) in [6.07, 6.45) is 0.540. The summed E-state index contributed by atoms with van der Waals surface area (Å²) in [6.45, 7) is 0.972. The molecule has 0 bridgehead atoms. The van der Waals surface area contributed by atoms with Crippen LogP contribution < -0.4 is 5.32 Å². The Kier molecular flexibility index (Phi) is 3.38. The Balaban J connectivity index is 1.72. The van der Waals surface area contributed by atoms with Gasteiger partial charge in [-0.3, -0.25) is 4.79 Å². The second kappa shape index (κ2) is 5.19. The molecule has 5 nitrogen and oxygen atoms in total. The van der Waals surface area contributed by atoms with Gasteiger partial charge in [-0.05, 0) is 12.1 Å². The molecule has 1 saturated heterocycles. The number of para-hydroxylation sites is 1. The maximum Gasteiger partial charge on any atom is 0.270 e. The second-order valence-electron chi connectivity index (χ2n) is 5.10. The van der Waals surface area contributed by atoms with Gasteiger partial charge < -0.3 is 15.2 Å². The first-order valence-electron chi connectivity index (χ1n) is 6.60. The highest BCUT2D eigenvalue weighted by molar-refractivity contribution is 5.94. The van der Waals surface area contributed by atoms with Crippen LogP contribution >= 0.6 is 0 Å². The molecule has 2 N–H and O–H groups in total. The fraction of sp³-hybridized carbons (Fsp3) is 0.333. The Morgan fingerprint density at radius 2 is 2.20 bits per heavy atom. The summed E-state index contributed by atoms with van der Waals surface area (Å²) < 4.78 is 5.14. The Labute approximate surface area is 116 Å². The minimum absolute atomic E-state index is 0.181. The number of ether oxygens (including phenoxy) is 1. The Bertz CT molecular complexity index is 636. The summed E-state index contributed by atoms with van der Waals surface area (Å²) in [4.78, 5) is 16.4. The average molecular weight is 272 g/mol. The van der Waals surface area contributed by atoms with E-state index in [9.17, 15) is 9.90 Å². The van der Waals surface area contributed by atoms with Crippen molar-refractivity contribution in [2.45, 2.75) is 12.0 Å². The van der Waals surface area contributed by atoms with Crippen molar-refractivity contribution in [1.82, 2.24) is 10.3 Å². The van der Waals surface area contributed by atoms with Gasteiger partial charge in [0.25, 0.3) is 5.91 Å². The molecule has 5 heteroatoms. The van der Waals surface area contributed by atoms with Crippen molar-refractivity contribution in [2.24, 2.45) is 0 Å². The summed E-state index contributed by atoms with van der Waals surface area (Å²) in [6, 6.07) is 11.2. The Hall–Kier alpha value is -1.98. The molecule has 0 saturated carbocycles. The summed E-state index contributed by atoms with van der Waals surface area (Å²) >= 11 is 0. The lowest BCUT2D eigenvalue weighted by Crippen LogP contribution is -2.43. The van der Waals surface area contributed by atoms with E-state index in [1.54, 1.807) is 6.07 Å². The molecule has 2 heterocycles. The highest BCUT2D eigenvalue weighted by Crippen LogP contribution is 2.17. The van der Waals surface area contributed by atoms with Crippen LogP contribution in [0.3, 0.4) is 0 Å². The molecule has 1 atom stereocenters. The van der Waals surface area contributed by atoms with E-state index < -0.39 is 5.60 Å². The highest BCUT2D eigenvalue weighted by Gasteiger charge is 2.32. The fourth-order valence-electron chi connectivity index (χ4n) is 2.26. The summed E-state index contributed by atoms with van der Waals surface area (Å²) in [5.74, 6) is -0.281. The molecule has 104 valence electrons. The number of benzene rings is 1. The minimum Gasteiger partial charge on any atom is -0.386 e. The molecule has 20 heavy (non-hydrogen) atoms. The Morgan fingerprint density at radius 3 is 3.00 bits per heavy atom. The highest BCUT2D eigenvalue weighted by atomic mass is 16.5. The zero-order valence-corrected chi connectivity index (χ0v) is 11.0. The van der Waals surface area contributed by atoms with Gasteiger partial charge in [0.05, 0.1) is 12.1 Å². The number of hydrogen-bond acceptors (Lipinski definition) is 4. The first kappa shape index (κ1) is 13.0. The molecule has 1 fully saturated rings. The molecule has 1 aromatic carbocycles. The topological polar surface area (TPSA) is 71.5 Å². The number of amides is 1. The average Bonchev–Trinajstić information content (AvgIpc) is 2.91. The molecule has 1 aliphatic heterocycles. The second-order valence-corrected chi connectivity index (χ2v) is 5.10. The van der Waals surface area contributed by atoms with Crippen LogP contribution in [0.5, 0.6) is 0 Å². The maximum absolute atomic E-state index is 12.1. The molecule has 0 radical (unpaired) electrons. The van der Waals surface area contributed by atoms with Crippen molar-refractivity contribution in [3.63, 3.8) is 0 Å². The van der Waals surface area contributed by atoms with Gasteiger partial charge in [0.2, 0.25) is 0 Å². The van der Waals surface area contributed by atoms with E-state index in [1.807, 2.05) is 30.3 Å². The van der Waals surface area contributed by atoms with Crippen molar-refractivity contribution in [1.29, 1.82) is 0 Å². The van der Waals surface area contributed by atoms with Crippen molar-refractivity contribution in [2.75, 3.05) is 19.8 Å². The smallest absolute Gasteiger partial charge is 0.270 e. The van der Waals surface area contributed by atoms with Gasteiger partial charge >= 0.3 is 0 Å². The van der Waals surface area contributed by atoms with Gasteiger partial charge in [-0.2, -0.15) is 0 Å². The number of hydrogen-bond donors (Lipinski definition) is 2. The fourth-order valence-corrected chi connectivity index (χ4v) is 2.26. The molecule has 1 amide bonds. The monoisotopic (exact) mass is 272 g/mol. The van der Waals surface area contributed by atoms with Crippen LogP contribution in [-0.2, 0) is 4.74 Å². The predicted octanol–water partition coefficient (Wildman–Crippen LogP) is 1.12. The lowest BCUT2D eigenvalue weighted by Gasteiger charge is -2.20. The SMILES string of the molecule is O=C(NCC1(O)CCOC1)c1ccc2ccccc2n1. The molecule has 2 aromatic rings. The number of fused-ring (bicyclic) bond motifs is 1. The molecular formula is C15H16N2O3. The molecule has 3 rings (SSSR count). The van der Waals surface area contributed by atoms with E-state index >= 15 is 0 Å². The predicted molar refractivity (Wildman–Crippen MR) is 74.5 cm³/mol. The summed E-state index contributed by atoms with van der Waals surface area (Å²) in [5.41, 5.74) is 0.182. The zero-order chi connectivity index (χ0) is 14.0. The van der Waals surface area contributed by atoms with Crippen LogP contribution in [0.15, 0.2) is 36.4 Å². The van der Waals surface area contributed by atoms with Crippen LogP contribution in [-0.4, -0.2) is 41.4 Å². The molecule has 0 spiro atoms. The van der Waals surface area contributed by atoms with E-state index in [0.29, 0.717) is 18.7 Å². The number of pyridine rings is 1.